The van der Waals surface area contributed by atoms with Crippen LogP contribution in [-0.4, -0.2) is 12.2 Å². The maximum Gasteiger partial charge on any atom is 0.300 e. The van der Waals surface area contributed by atoms with Gasteiger partial charge in [-0.05, 0) is 37.1 Å². The minimum atomic E-state index is -1.93. The average Bonchev–Trinajstić information content (AvgIpc) is 2.49. The first-order valence-electron chi connectivity index (χ1n) is 6.43. The van der Waals surface area contributed by atoms with Gasteiger partial charge in [0.15, 0.2) is 11.5 Å². The molecule has 0 amide bonds. The Morgan fingerprint density at radius 1 is 1.18 bits per heavy atom. The van der Waals surface area contributed by atoms with Gasteiger partial charge in [-0.3, -0.25) is 0 Å². The van der Waals surface area contributed by atoms with Crippen molar-refractivity contribution in [2.24, 2.45) is 0 Å². The van der Waals surface area contributed by atoms with Gasteiger partial charge in [0.25, 0.3) is 0 Å². The molecule has 2 aromatic rings. The number of ether oxygens (including phenoxy) is 2. The van der Waals surface area contributed by atoms with Crippen molar-refractivity contribution in [2.45, 2.75) is 12.7 Å². The molecule has 114 valence electrons. The molecule has 5 heteroatoms. The van der Waals surface area contributed by atoms with Crippen molar-refractivity contribution < 1.29 is 19.0 Å². The normalized spacial score (nSPS) is 12.8. The maximum absolute atomic E-state index is 13.2. The van der Waals surface area contributed by atoms with E-state index in [0.29, 0.717) is 10.6 Å². The molecule has 22 heavy (non-hydrogen) atoms. The van der Waals surface area contributed by atoms with E-state index < -0.39 is 11.6 Å². The Balaban J connectivity index is 2.47. The summed E-state index contributed by atoms with van der Waals surface area (Å²) in [5.41, 5.74) is 0.362. The van der Waals surface area contributed by atoms with E-state index in [4.69, 9.17) is 21.1 Å². The highest BCUT2D eigenvalue weighted by Gasteiger charge is 2.31. The Morgan fingerprint density at radius 2 is 1.95 bits per heavy atom. The fraction of sp³-hybridized carbons (Fsp3) is 0.176. The number of aliphatic hydroxyl groups is 1. The van der Waals surface area contributed by atoms with E-state index in [-0.39, 0.29) is 11.5 Å². The second kappa shape index (κ2) is 6.69. The highest BCUT2D eigenvalue weighted by molar-refractivity contribution is 6.30. The van der Waals surface area contributed by atoms with Crippen molar-refractivity contribution in [3.63, 3.8) is 0 Å². The lowest BCUT2D eigenvalue weighted by Gasteiger charge is -2.25. The Hall–Kier alpha value is -2.22. The van der Waals surface area contributed by atoms with Gasteiger partial charge in [-0.15, -0.1) is 0 Å². The predicted octanol–water partition coefficient (Wildman–Crippen LogP) is 3.74. The van der Waals surface area contributed by atoms with Gasteiger partial charge < -0.3 is 14.6 Å². The molecule has 1 atom stereocenters. The lowest BCUT2D eigenvalue weighted by molar-refractivity contribution is -0.0931. The summed E-state index contributed by atoms with van der Waals surface area (Å²) in [5, 5.41) is 11.2. The van der Waals surface area contributed by atoms with Gasteiger partial charge in [-0.1, -0.05) is 29.7 Å². The zero-order valence-corrected chi connectivity index (χ0v) is 12.8. The fourth-order valence-corrected chi connectivity index (χ4v) is 2.10. The van der Waals surface area contributed by atoms with Gasteiger partial charge in [0.2, 0.25) is 0 Å². The van der Waals surface area contributed by atoms with Crippen LogP contribution >= 0.6 is 11.6 Å². The summed E-state index contributed by atoms with van der Waals surface area (Å²) in [4.78, 5) is 0. The molecule has 0 aromatic heterocycles. The molecule has 1 N–H and O–H groups in total. The molecule has 0 bridgehead atoms. The molecular formula is C17H14ClFO3. The fourth-order valence-electron chi connectivity index (χ4n) is 1.91. The summed E-state index contributed by atoms with van der Waals surface area (Å²) < 4.78 is 23.9. The van der Waals surface area contributed by atoms with Gasteiger partial charge in [-0.2, -0.15) is 0 Å². The second-order valence-corrected chi connectivity index (χ2v) is 4.86. The number of methoxy groups -OCH3 is 1. The van der Waals surface area contributed by atoms with Crippen molar-refractivity contribution in [3.05, 3.63) is 58.9 Å². The molecule has 0 spiro atoms. The monoisotopic (exact) mass is 320 g/mol. The molecule has 1 unspecified atom stereocenters. The Kier molecular flexibility index (Phi) is 4.92. The molecule has 0 fully saturated rings. The van der Waals surface area contributed by atoms with Gasteiger partial charge in [0.05, 0.1) is 7.11 Å². The minimum Gasteiger partial charge on any atom is -0.493 e. The van der Waals surface area contributed by atoms with E-state index in [1.807, 2.05) is 0 Å². The van der Waals surface area contributed by atoms with Crippen LogP contribution in [-0.2, 0) is 5.79 Å². The van der Waals surface area contributed by atoms with E-state index in [1.54, 1.807) is 31.2 Å². The Morgan fingerprint density at radius 3 is 2.59 bits per heavy atom. The molecule has 0 aliphatic rings. The molecule has 0 aliphatic carbocycles. The molecule has 3 nitrogen and oxygen atoms in total. The molecule has 2 aromatic carbocycles. The molecule has 0 aliphatic heterocycles. The van der Waals surface area contributed by atoms with Crippen LogP contribution < -0.4 is 9.47 Å². The molecule has 0 saturated heterocycles. The van der Waals surface area contributed by atoms with Crippen molar-refractivity contribution >= 4 is 11.6 Å². The Bertz CT molecular complexity index is 736. The number of rotatable bonds is 4. The van der Waals surface area contributed by atoms with Crippen LogP contribution in [0.15, 0.2) is 42.5 Å². The smallest absolute Gasteiger partial charge is 0.300 e. The summed E-state index contributed by atoms with van der Waals surface area (Å²) in [5.74, 6) is 3.12. The number of benzene rings is 2. The van der Waals surface area contributed by atoms with Crippen molar-refractivity contribution in [1.29, 1.82) is 0 Å². The van der Waals surface area contributed by atoms with Gasteiger partial charge in [0, 0.05) is 16.7 Å². The summed E-state index contributed by atoms with van der Waals surface area (Å²) in [6.45, 7) is 1.57. The number of halogens is 2. The molecule has 0 saturated carbocycles. The van der Waals surface area contributed by atoms with Crippen LogP contribution in [0.1, 0.15) is 12.5 Å². The molecule has 0 radical (unpaired) electrons. The lowest BCUT2D eigenvalue weighted by Crippen LogP contribution is -2.31. The summed E-state index contributed by atoms with van der Waals surface area (Å²) in [6.07, 6.45) is 0. The van der Waals surface area contributed by atoms with Gasteiger partial charge in [-0.25, -0.2) is 4.39 Å². The second-order valence-electron chi connectivity index (χ2n) is 4.43. The summed E-state index contributed by atoms with van der Waals surface area (Å²) in [6, 6.07) is 10.2. The first-order valence-corrected chi connectivity index (χ1v) is 6.81. The largest absolute Gasteiger partial charge is 0.493 e. The summed E-state index contributed by atoms with van der Waals surface area (Å²) in [7, 11) is 1.38. The standard InChI is InChI=1S/C17H14ClFO3/c1-3-9-17(20,12-5-4-6-13(18)10-12)22-15-8-7-14(19)11-16(15)21-2/h4-8,10-11,20H,1-2H3. The summed E-state index contributed by atoms with van der Waals surface area (Å²) >= 11 is 5.94. The van der Waals surface area contributed by atoms with Gasteiger partial charge in [0.1, 0.15) is 5.82 Å². The van der Waals surface area contributed by atoms with Crippen LogP contribution in [0, 0.1) is 17.7 Å². The quantitative estimate of drug-likeness (QED) is 0.689. The highest BCUT2D eigenvalue weighted by atomic mass is 35.5. The zero-order valence-electron chi connectivity index (χ0n) is 12.1. The minimum absolute atomic E-state index is 0.151. The predicted molar refractivity (Wildman–Crippen MR) is 82.4 cm³/mol. The van der Waals surface area contributed by atoms with Gasteiger partial charge >= 0.3 is 5.79 Å². The van der Waals surface area contributed by atoms with E-state index in [1.165, 1.54) is 19.2 Å². The van der Waals surface area contributed by atoms with Crippen LogP contribution in [0.4, 0.5) is 4.39 Å². The first-order chi connectivity index (χ1) is 10.5. The van der Waals surface area contributed by atoms with E-state index in [2.05, 4.69) is 11.8 Å². The van der Waals surface area contributed by atoms with E-state index >= 15 is 0 Å². The van der Waals surface area contributed by atoms with Crippen molar-refractivity contribution in [3.8, 4) is 23.3 Å². The lowest BCUT2D eigenvalue weighted by atomic mass is 10.1. The third-order valence-corrected chi connectivity index (χ3v) is 3.13. The van der Waals surface area contributed by atoms with Crippen LogP contribution in [0.5, 0.6) is 11.5 Å². The SMILES string of the molecule is CC#CC(O)(Oc1ccc(F)cc1OC)c1cccc(Cl)c1. The topological polar surface area (TPSA) is 38.7 Å². The average molecular weight is 321 g/mol. The molecular weight excluding hydrogens is 307 g/mol. The third kappa shape index (κ3) is 3.51. The van der Waals surface area contributed by atoms with E-state index in [9.17, 15) is 9.50 Å². The third-order valence-electron chi connectivity index (χ3n) is 2.89. The molecule has 2 rings (SSSR count). The molecule has 0 heterocycles. The maximum atomic E-state index is 13.2. The van der Waals surface area contributed by atoms with Crippen LogP contribution in [0.25, 0.3) is 0 Å². The Labute approximate surface area is 133 Å². The first kappa shape index (κ1) is 16.2. The van der Waals surface area contributed by atoms with Crippen LogP contribution in [0.2, 0.25) is 5.02 Å². The number of hydrogen-bond acceptors (Lipinski definition) is 3. The number of hydrogen-bond donors (Lipinski definition) is 1. The van der Waals surface area contributed by atoms with Crippen molar-refractivity contribution in [1.82, 2.24) is 0 Å². The van der Waals surface area contributed by atoms with Crippen molar-refractivity contribution in [2.75, 3.05) is 7.11 Å². The zero-order chi connectivity index (χ0) is 16.2. The van der Waals surface area contributed by atoms with E-state index in [0.717, 1.165) is 6.07 Å². The highest BCUT2D eigenvalue weighted by Crippen LogP contribution is 2.34. The van der Waals surface area contributed by atoms with Crippen LogP contribution in [0.3, 0.4) is 0 Å².